The van der Waals surface area contributed by atoms with E-state index in [1.54, 1.807) is 26.0 Å². The van der Waals surface area contributed by atoms with Crippen LogP contribution in [0.15, 0.2) is 34.9 Å². The van der Waals surface area contributed by atoms with Crippen molar-refractivity contribution in [3.8, 4) is 0 Å². The van der Waals surface area contributed by atoms with Crippen molar-refractivity contribution in [2.24, 2.45) is 5.41 Å². The quantitative estimate of drug-likeness (QED) is 0.603. The fourth-order valence-corrected chi connectivity index (χ4v) is 3.01. The van der Waals surface area contributed by atoms with Gasteiger partial charge in [0.1, 0.15) is 5.60 Å². The van der Waals surface area contributed by atoms with Gasteiger partial charge in [0.2, 0.25) is 0 Å². The number of ketones is 1. The predicted molar refractivity (Wildman–Crippen MR) is 86.5 cm³/mol. The number of carboxylic acids is 1. The van der Waals surface area contributed by atoms with Gasteiger partial charge in [-0.1, -0.05) is 33.3 Å². The van der Waals surface area contributed by atoms with Gasteiger partial charge in [0.15, 0.2) is 5.78 Å². The summed E-state index contributed by atoms with van der Waals surface area (Å²) >= 11 is 0. The van der Waals surface area contributed by atoms with Crippen molar-refractivity contribution < 1.29 is 19.8 Å². The van der Waals surface area contributed by atoms with E-state index in [2.05, 4.69) is 0 Å². The lowest BCUT2D eigenvalue weighted by Crippen LogP contribution is -2.49. The fraction of sp³-hybridized carbons (Fsp3) is 0.556. The summed E-state index contributed by atoms with van der Waals surface area (Å²) in [7, 11) is 0. The van der Waals surface area contributed by atoms with E-state index >= 15 is 0 Å². The summed E-state index contributed by atoms with van der Waals surface area (Å²) in [5, 5.41) is 20.0. The Morgan fingerprint density at radius 3 is 2.45 bits per heavy atom. The molecule has 0 radical (unpaired) electrons. The maximum atomic E-state index is 12.3. The van der Waals surface area contributed by atoms with E-state index in [1.165, 1.54) is 0 Å². The number of hydrogen-bond acceptors (Lipinski definition) is 3. The highest BCUT2D eigenvalue weighted by atomic mass is 16.4. The molecule has 0 aromatic heterocycles. The van der Waals surface area contributed by atoms with Gasteiger partial charge in [-0.3, -0.25) is 4.79 Å². The maximum absolute atomic E-state index is 12.3. The summed E-state index contributed by atoms with van der Waals surface area (Å²) in [6, 6.07) is 0. The summed E-state index contributed by atoms with van der Waals surface area (Å²) in [6.07, 6.45) is 6.10. The maximum Gasteiger partial charge on any atom is 0.328 e. The monoisotopic (exact) mass is 306 g/mol. The Kier molecular flexibility index (Phi) is 5.52. The number of aliphatic carboxylic acids is 1. The van der Waals surface area contributed by atoms with E-state index in [9.17, 15) is 14.7 Å². The van der Waals surface area contributed by atoms with Gasteiger partial charge in [-0.15, -0.1) is 0 Å². The van der Waals surface area contributed by atoms with Gasteiger partial charge in [-0.25, -0.2) is 4.79 Å². The van der Waals surface area contributed by atoms with E-state index in [0.29, 0.717) is 23.1 Å². The number of carbonyl (C=O) groups is 2. The van der Waals surface area contributed by atoms with Crippen LogP contribution in [0.3, 0.4) is 0 Å². The molecule has 1 aliphatic rings. The van der Waals surface area contributed by atoms with Crippen LogP contribution < -0.4 is 0 Å². The van der Waals surface area contributed by atoms with Gasteiger partial charge in [-0.05, 0) is 43.1 Å². The smallest absolute Gasteiger partial charge is 0.328 e. The third-order valence-corrected chi connectivity index (χ3v) is 4.43. The molecule has 4 nitrogen and oxygen atoms in total. The predicted octanol–water partition coefficient (Wildman–Crippen LogP) is 3.42. The second kappa shape index (κ2) is 6.61. The highest BCUT2D eigenvalue weighted by molar-refractivity contribution is 5.98. The van der Waals surface area contributed by atoms with Crippen LogP contribution in [0.1, 0.15) is 53.9 Å². The van der Waals surface area contributed by atoms with Crippen LogP contribution in [0.5, 0.6) is 0 Å². The van der Waals surface area contributed by atoms with Gasteiger partial charge >= 0.3 is 5.97 Å². The Hall–Kier alpha value is -1.68. The standard InChI is InChI=1S/C18H26O4/c1-6-7-14-13(3)18(22,17(4,5)11-15(14)19)9-8-12(2)10-16(20)21/h8-10,22H,6-7,11H2,1-5H3,(H,20,21)/b9-8+,12-10-/t18-/m0/s1. The second-order valence-electron chi connectivity index (χ2n) is 6.66. The van der Waals surface area contributed by atoms with Crippen molar-refractivity contribution in [1.29, 1.82) is 0 Å². The summed E-state index contributed by atoms with van der Waals surface area (Å²) in [5.41, 5.74) is 0.0343. The minimum Gasteiger partial charge on any atom is -0.478 e. The van der Waals surface area contributed by atoms with Crippen molar-refractivity contribution >= 4 is 11.8 Å². The van der Waals surface area contributed by atoms with Crippen LogP contribution in [-0.2, 0) is 9.59 Å². The average Bonchev–Trinajstić information content (AvgIpc) is 2.38. The minimum atomic E-state index is -1.25. The van der Waals surface area contributed by atoms with Crippen LogP contribution in [-0.4, -0.2) is 27.6 Å². The van der Waals surface area contributed by atoms with Crippen molar-refractivity contribution in [3.05, 3.63) is 34.9 Å². The van der Waals surface area contributed by atoms with Gasteiger partial charge < -0.3 is 10.2 Å². The first-order chi connectivity index (χ1) is 10.0. The molecule has 0 aliphatic heterocycles. The molecule has 2 N–H and O–H groups in total. The molecule has 122 valence electrons. The Balaban J connectivity index is 3.34. The van der Waals surface area contributed by atoms with Crippen molar-refractivity contribution in [2.45, 2.75) is 59.5 Å². The Labute approximate surface area is 132 Å². The molecule has 0 fully saturated rings. The highest BCUT2D eigenvalue weighted by Gasteiger charge is 2.49. The van der Waals surface area contributed by atoms with Crippen LogP contribution in [0.4, 0.5) is 0 Å². The Bertz CT molecular complexity index is 564. The first-order valence-corrected chi connectivity index (χ1v) is 7.61. The van der Waals surface area contributed by atoms with Crippen molar-refractivity contribution in [2.75, 3.05) is 0 Å². The first-order valence-electron chi connectivity index (χ1n) is 7.61. The molecule has 0 spiro atoms. The van der Waals surface area contributed by atoms with E-state index in [1.807, 2.05) is 20.8 Å². The molecule has 4 heteroatoms. The molecule has 0 bridgehead atoms. The molecule has 0 aromatic rings. The molecular weight excluding hydrogens is 280 g/mol. The third kappa shape index (κ3) is 3.55. The molecule has 0 heterocycles. The average molecular weight is 306 g/mol. The van der Waals surface area contributed by atoms with E-state index in [0.717, 1.165) is 12.5 Å². The van der Waals surface area contributed by atoms with Crippen LogP contribution >= 0.6 is 0 Å². The minimum absolute atomic E-state index is 0.0974. The number of hydrogen-bond donors (Lipinski definition) is 2. The number of carboxylic acid groups (broad SMARTS) is 1. The number of allylic oxidation sites excluding steroid dienone is 3. The van der Waals surface area contributed by atoms with Gasteiger partial charge in [-0.2, -0.15) is 0 Å². The lowest BCUT2D eigenvalue weighted by atomic mass is 9.62. The number of rotatable bonds is 5. The zero-order chi connectivity index (χ0) is 17.1. The largest absolute Gasteiger partial charge is 0.478 e. The molecule has 22 heavy (non-hydrogen) atoms. The molecule has 0 aromatic carbocycles. The molecule has 1 atom stereocenters. The van der Waals surface area contributed by atoms with Crippen molar-refractivity contribution in [3.63, 3.8) is 0 Å². The lowest BCUT2D eigenvalue weighted by molar-refractivity contribution is -0.131. The van der Waals surface area contributed by atoms with E-state index < -0.39 is 17.0 Å². The zero-order valence-corrected chi connectivity index (χ0v) is 14.1. The topological polar surface area (TPSA) is 74.6 Å². The van der Waals surface area contributed by atoms with E-state index in [-0.39, 0.29) is 12.2 Å². The molecule has 0 saturated heterocycles. The number of aliphatic hydroxyl groups is 1. The summed E-state index contributed by atoms with van der Waals surface area (Å²) in [6.45, 7) is 9.18. The fourth-order valence-electron chi connectivity index (χ4n) is 3.01. The molecule has 0 amide bonds. The Morgan fingerprint density at radius 1 is 1.36 bits per heavy atom. The van der Waals surface area contributed by atoms with Crippen molar-refractivity contribution in [1.82, 2.24) is 0 Å². The lowest BCUT2D eigenvalue weighted by Gasteiger charge is -2.45. The Morgan fingerprint density at radius 2 is 1.95 bits per heavy atom. The zero-order valence-electron chi connectivity index (χ0n) is 14.1. The molecule has 1 rings (SSSR count). The third-order valence-electron chi connectivity index (χ3n) is 4.43. The van der Waals surface area contributed by atoms with Gasteiger partial charge in [0.25, 0.3) is 0 Å². The number of Topliss-reactive ketones (excluding diaryl/α,β-unsaturated/α-hetero) is 1. The SMILES string of the molecule is CCCC1=C(C)[C@@](O)(/C=C/C(C)=C\C(=O)O)C(C)(C)CC1=O. The molecule has 0 saturated carbocycles. The molecular formula is C18H26O4. The number of carbonyl (C=O) groups excluding carboxylic acids is 1. The van der Waals surface area contributed by atoms with Crippen LogP contribution in [0.2, 0.25) is 0 Å². The normalized spacial score (nSPS) is 25.9. The van der Waals surface area contributed by atoms with Gasteiger partial charge in [0.05, 0.1) is 0 Å². The highest BCUT2D eigenvalue weighted by Crippen LogP contribution is 2.47. The first kappa shape index (κ1) is 18.4. The van der Waals surface area contributed by atoms with E-state index in [4.69, 9.17) is 5.11 Å². The molecule has 0 unspecified atom stereocenters. The second-order valence-corrected chi connectivity index (χ2v) is 6.66. The summed E-state index contributed by atoms with van der Waals surface area (Å²) < 4.78 is 0. The van der Waals surface area contributed by atoms with Gasteiger partial charge in [0, 0.05) is 17.9 Å². The van der Waals surface area contributed by atoms with Crippen LogP contribution in [0.25, 0.3) is 0 Å². The summed E-state index contributed by atoms with van der Waals surface area (Å²) in [5.74, 6) is -0.925. The summed E-state index contributed by atoms with van der Waals surface area (Å²) in [4.78, 5) is 23.0. The van der Waals surface area contributed by atoms with Crippen LogP contribution in [0, 0.1) is 5.41 Å². The molecule has 1 aliphatic carbocycles.